The highest BCUT2D eigenvalue weighted by Crippen LogP contribution is 2.01. The highest BCUT2D eigenvalue weighted by atomic mass is 16.2. The molecule has 0 aromatic carbocycles. The van der Waals surface area contributed by atoms with Crippen LogP contribution in [0.5, 0.6) is 0 Å². The maximum absolute atomic E-state index is 11.4. The van der Waals surface area contributed by atoms with Crippen molar-refractivity contribution >= 4 is 17.4 Å². The molecule has 74 valence electrons. The van der Waals surface area contributed by atoms with Gasteiger partial charge in [0.15, 0.2) is 11.5 Å². The quantitative estimate of drug-likeness (QED) is 0.517. The fourth-order valence-electron chi connectivity index (χ4n) is 0.739. The van der Waals surface area contributed by atoms with Gasteiger partial charge in [-0.1, -0.05) is 0 Å². The van der Waals surface area contributed by atoms with Gasteiger partial charge in [-0.05, 0) is 13.8 Å². The Kier molecular flexibility index (Phi) is 3.11. The van der Waals surface area contributed by atoms with Crippen molar-refractivity contribution in [2.24, 2.45) is 5.10 Å². The van der Waals surface area contributed by atoms with E-state index in [0.717, 1.165) is 5.71 Å². The number of hydrazone groups is 1. The SMILES string of the molecule is CC(C)=NNC(=O)c1nccnc1N. The van der Waals surface area contributed by atoms with Gasteiger partial charge in [-0.3, -0.25) is 4.79 Å². The number of aromatic nitrogens is 2. The van der Waals surface area contributed by atoms with Crippen molar-refractivity contribution in [2.75, 3.05) is 5.73 Å². The van der Waals surface area contributed by atoms with Crippen LogP contribution in [0, 0.1) is 0 Å². The summed E-state index contributed by atoms with van der Waals surface area (Å²) in [5.41, 5.74) is 8.57. The Bertz CT molecular complexity index is 370. The predicted molar refractivity (Wildman–Crippen MR) is 52.7 cm³/mol. The third kappa shape index (κ3) is 2.51. The monoisotopic (exact) mass is 193 g/mol. The number of rotatable bonds is 2. The standard InChI is InChI=1S/C8H11N5O/c1-5(2)12-13-8(14)6-7(9)11-4-3-10-6/h3-4H,1-2H3,(H2,9,11)(H,13,14). The summed E-state index contributed by atoms with van der Waals surface area (Å²) in [6.07, 6.45) is 2.81. The van der Waals surface area contributed by atoms with Crippen LogP contribution < -0.4 is 11.2 Å². The first-order valence-corrected chi connectivity index (χ1v) is 3.99. The van der Waals surface area contributed by atoms with Crippen LogP contribution in [0.2, 0.25) is 0 Å². The molecule has 0 saturated carbocycles. The first-order chi connectivity index (χ1) is 6.61. The van der Waals surface area contributed by atoms with E-state index in [-0.39, 0.29) is 11.5 Å². The molecule has 14 heavy (non-hydrogen) atoms. The van der Waals surface area contributed by atoms with Gasteiger partial charge in [0.1, 0.15) is 0 Å². The lowest BCUT2D eigenvalue weighted by molar-refractivity contribution is 0.0950. The molecule has 0 fully saturated rings. The number of carbonyl (C=O) groups is 1. The van der Waals surface area contributed by atoms with Crippen LogP contribution in [0.15, 0.2) is 17.5 Å². The summed E-state index contributed by atoms with van der Waals surface area (Å²) in [6.45, 7) is 3.53. The van der Waals surface area contributed by atoms with Crippen LogP contribution in [0.25, 0.3) is 0 Å². The normalized spacial score (nSPS) is 9.29. The molecule has 0 unspecified atom stereocenters. The number of hydrogen-bond acceptors (Lipinski definition) is 5. The van der Waals surface area contributed by atoms with Crippen molar-refractivity contribution < 1.29 is 4.79 Å². The number of amides is 1. The largest absolute Gasteiger partial charge is 0.382 e. The predicted octanol–water partition coefficient (Wildman–Crippen LogP) is 0.184. The summed E-state index contributed by atoms with van der Waals surface area (Å²) in [7, 11) is 0. The molecule has 1 heterocycles. The molecular weight excluding hydrogens is 182 g/mol. The molecule has 3 N–H and O–H groups in total. The van der Waals surface area contributed by atoms with Crippen molar-refractivity contribution in [3.05, 3.63) is 18.1 Å². The van der Waals surface area contributed by atoms with Crippen molar-refractivity contribution in [2.45, 2.75) is 13.8 Å². The van der Waals surface area contributed by atoms with E-state index in [2.05, 4.69) is 20.5 Å². The van der Waals surface area contributed by atoms with Gasteiger partial charge in [0.2, 0.25) is 0 Å². The van der Waals surface area contributed by atoms with E-state index in [4.69, 9.17) is 5.73 Å². The summed E-state index contributed by atoms with van der Waals surface area (Å²) in [5.74, 6) is -0.370. The summed E-state index contributed by atoms with van der Waals surface area (Å²) >= 11 is 0. The van der Waals surface area contributed by atoms with Crippen LogP contribution >= 0.6 is 0 Å². The molecule has 0 saturated heterocycles. The van der Waals surface area contributed by atoms with Crippen LogP contribution in [0.3, 0.4) is 0 Å². The lowest BCUT2D eigenvalue weighted by Gasteiger charge is -2.01. The average Bonchev–Trinajstić information content (AvgIpc) is 2.15. The van der Waals surface area contributed by atoms with E-state index < -0.39 is 5.91 Å². The van der Waals surface area contributed by atoms with Crippen molar-refractivity contribution in [1.82, 2.24) is 15.4 Å². The van der Waals surface area contributed by atoms with Gasteiger partial charge < -0.3 is 5.73 Å². The van der Waals surface area contributed by atoms with Crippen LogP contribution in [-0.4, -0.2) is 21.6 Å². The Labute approximate surface area is 81.2 Å². The molecule has 0 radical (unpaired) electrons. The number of nitrogens with zero attached hydrogens (tertiary/aromatic N) is 3. The summed E-state index contributed by atoms with van der Waals surface area (Å²) < 4.78 is 0. The zero-order valence-electron chi connectivity index (χ0n) is 7.98. The first kappa shape index (κ1) is 10.1. The van der Waals surface area contributed by atoms with E-state index in [1.54, 1.807) is 13.8 Å². The highest BCUT2D eigenvalue weighted by Gasteiger charge is 2.10. The summed E-state index contributed by atoms with van der Waals surface area (Å²) in [6, 6.07) is 0. The Hall–Kier alpha value is -1.98. The van der Waals surface area contributed by atoms with Gasteiger partial charge in [0, 0.05) is 18.1 Å². The highest BCUT2D eigenvalue weighted by molar-refractivity contribution is 5.96. The second kappa shape index (κ2) is 4.31. The van der Waals surface area contributed by atoms with Crippen molar-refractivity contribution in [1.29, 1.82) is 0 Å². The number of hydrogen-bond donors (Lipinski definition) is 2. The minimum Gasteiger partial charge on any atom is -0.382 e. The number of anilines is 1. The molecule has 0 atom stereocenters. The molecule has 0 spiro atoms. The molecule has 6 heteroatoms. The van der Waals surface area contributed by atoms with Gasteiger partial charge >= 0.3 is 0 Å². The first-order valence-electron chi connectivity index (χ1n) is 3.99. The third-order valence-corrected chi connectivity index (χ3v) is 1.32. The fourth-order valence-corrected chi connectivity index (χ4v) is 0.739. The Morgan fingerprint density at radius 1 is 1.43 bits per heavy atom. The lowest BCUT2D eigenvalue weighted by atomic mass is 10.4. The maximum atomic E-state index is 11.4. The van der Waals surface area contributed by atoms with Crippen LogP contribution in [0.4, 0.5) is 5.82 Å². The Morgan fingerprint density at radius 3 is 2.64 bits per heavy atom. The van der Waals surface area contributed by atoms with Crippen molar-refractivity contribution in [3.8, 4) is 0 Å². The molecular formula is C8H11N5O. The van der Waals surface area contributed by atoms with E-state index in [1.165, 1.54) is 12.4 Å². The van der Waals surface area contributed by atoms with E-state index in [9.17, 15) is 4.79 Å². The molecule has 0 bridgehead atoms. The second-order valence-corrected chi connectivity index (χ2v) is 2.79. The summed E-state index contributed by atoms with van der Waals surface area (Å²) in [5, 5.41) is 3.74. The molecule has 1 amide bonds. The number of nitrogen functional groups attached to an aromatic ring is 1. The number of carbonyl (C=O) groups excluding carboxylic acids is 1. The van der Waals surface area contributed by atoms with Crippen LogP contribution in [-0.2, 0) is 0 Å². The third-order valence-electron chi connectivity index (χ3n) is 1.32. The van der Waals surface area contributed by atoms with Gasteiger partial charge in [-0.2, -0.15) is 5.10 Å². The fraction of sp³-hybridized carbons (Fsp3) is 0.250. The topological polar surface area (TPSA) is 93.3 Å². The van der Waals surface area contributed by atoms with Gasteiger partial charge in [-0.15, -0.1) is 0 Å². The zero-order valence-corrected chi connectivity index (χ0v) is 7.98. The Morgan fingerprint density at radius 2 is 2.07 bits per heavy atom. The molecule has 0 aliphatic rings. The zero-order chi connectivity index (χ0) is 10.6. The molecule has 1 aromatic heterocycles. The molecule has 1 aromatic rings. The van der Waals surface area contributed by atoms with Crippen LogP contribution in [0.1, 0.15) is 24.3 Å². The van der Waals surface area contributed by atoms with Gasteiger partial charge in [0.05, 0.1) is 0 Å². The second-order valence-electron chi connectivity index (χ2n) is 2.79. The lowest BCUT2D eigenvalue weighted by Crippen LogP contribution is -2.21. The smallest absolute Gasteiger partial charge is 0.293 e. The number of nitrogens with one attached hydrogen (secondary N) is 1. The Balaban J connectivity index is 2.80. The van der Waals surface area contributed by atoms with Gasteiger partial charge in [-0.25, -0.2) is 15.4 Å². The number of nitrogens with two attached hydrogens (primary N) is 1. The minimum atomic E-state index is -0.461. The van der Waals surface area contributed by atoms with E-state index in [1.807, 2.05) is 0 Å². The molecule has 0 aliphatic heterocycles. The molecule has 1 rings (SSSR count). The summed E-state index contributed by atoms with van der Waals surface area (Å²) in [4.78, 5) is 18.9. The van der Waals surface area contributed by atoms with Gasteiger partial charge in [0.25, 0.3) is 5.91 Å². The van der Waals surface area contributed by atoms with E-state index in [0.29, 0.717) is 0 Å². The average molecular weight is 193 g/mol. The minimum absolute atomic E-state index is 0.0810. The maximum Gasteiger partial charge on any atom is 0.293 e. The van der Waals surface area contributed by atoms with Crippen molar-refractivity contribution in [3.63, 3.8) is 0 Å². The molecule has 6 nitrogen and oxygen atoms in total. The van der Waals surface area contributed by atoms with E-state index >= 15 is 0 Å². The molecule has 0 aliphatic carbocycles.